The summed E-state index contributed by atoms with van der Waals surface area (Å²) in [5, 5.41) is 7.38. The Labute approximate surface area is 120 Å². The first kappa shape index (κ1) is 13.6. The Morgan fingerprint density at radius 3 is 2.89 bits per heavy atom. The summed E-state index contributed by atoms with van der Waals surface area (Å²) in [6.07, 6.45) is 6.54. The molecule has 1 heterocycles. The molecule has 1 aromatic carbocycles. The Bertz CT molecular complexity index is 635. The molecule has 2 aromatic rings. The quantitative estimate of drug-likeness (QED) is 0.883. The second-order valence-electron chi connectivity index (χ2n) is 3.87. The number of anilines is 1. The molecule has 0 fully saturated rings. The molecule has 0 aliphatic carbocycles. The monoisotopic (exact) mass is 295 g/mol. The van der Waals surface area contributed by atoms with Gasteiger partial charge in [0.15, 0.2) is 0 Å². The minimum absolute atomic E-state index is 0.284. The highest BCUT2D eigenvalue weighted by atomic mass is 35.5. The summed E-state index contributed by atoms with van der Waals surface area (Å²) in [4.78, 5) is 11.7. The van der Waals surface area contributed by atoms with E-state index in [-0.39, 0.29) is 5.91 Å². The lowest BCUT2D eigenvalue weighted by Crippen LogP contribution is -2.08. The van der Waals surface area contributed by atoms with E-state index in [1.54, 1.807) is 41.4 Å². The largest absolute Gasteiger partial charge is 0.321 e. The third kappa shape index (κ3) is 3.59. The van der Waals surface area contributed by atoms with Crippen LogP contribution in [0.3, 0.4) is 0 Å². The molecule has 98 valence electrons. The van der Waals surface area contributed by atoms with Crippen molar-refractivity contribution in [1.29, 1.82) is 0 Å². The molecular formula is C13H11Cl2N3O. The number of benzene rings is 1. The predicted octanol–water partition coefficient (Wildman–Crippen LogP) is 3.38. The van der Waals surface area contributed by atoms with Crippen molar-refractivity contribution >= 4 is 40.9 Å². The Morgan fingerprint density at radius 2 is 2.21 bits per heavy atom. The van der Waals surface area contributed by atoms with E-state index in [1.807, 2.05) is 7.05 Å². The molecular weight excluding hydrogens is 285 g/mol. The van der Waals surface area contributed by atoms with Crippen LogP contribution in [0.25, 0.3) is 6.08 Å². The molecule has 0 bridgehead atoms. The summed E-state index contributed by atoms with van der Waals surface area (Å²) in [7, 11) is 1.81. The molecule has 0 aliphatic heterocycles. The van der Waals surface area contributed by atoms with Gasteiger partial charge in [-0.3, -0.25) is 9.48 Å². The van der Waals surface area contributed by atoms with Crippen LogP contribution in [0.2, 0.25) is 10.0 Å². The topological polar surface area (TPSA) is 46.9 Å². The summed E-state index contributed by atoms with van der Waals surface area (Å²) >= 11 is 11.8. The third-order valence-corrected chi connectivity index (χ3v) is 3.18. The van der Waals surface area contributed by atoms with Gasteiger partial charge in [0.25, 0.3) is 0 Å². The molecule has 1 N–H and O–H groups in total. The number of halogens is 2. The number of nitrogens with one attached hydrogen (secondary N) is 1. The first-order valence-electron chi connectivity index (χ1n) is 5.48. The van der Waals surface area contributed by atoms with Crippen molar-refractivity contribution in [2.75, 3.05) is 5.32 Å². The minimum atomic E-state index is -0.284. The number of hydrogen-bond acceptors (Lipinski definition) is 2. The van der Waals surface area contributed by atoms with Crippen LogP contribution < -0.4 is 5.32 Å². The zero-order valence-electron chi connectivity index (χ0n) is 10.1. The summed E-state index contributed by atoms with van der Waals surface area (Å²) in [6, 6.07) is 5.06. The van der Waals surface area contributed by atoms with Crippen LogP contribution in [0, 0.1) is 0 Å². The maximum atomic E-state index is 11.7. The van der Waals surface area contributed by atoms with E-state index < -0.39 is 0 Å². The van der Waals surface area contributed by atoms with Gasteiger partial charge in [0.05, 0.1) is 21.9 Å². The van der Waals surface area contributed by atoms with Crippen molar-refractivity contribution in [1.82, 2.24) is 9.78 Å². The molecule has 0 atom stereocenters. The highest BCUT2D eigenvalue weighted by Crippen LogP contribution is 2.29. The lowest BCUT2D eigenvalue weighted by Gasteiger charge is -2.05. The average Bonchev–Trinajstić information content (AvgIpc) is 2.78. The van der Waals surface area contributed by atoms with Gasteiger partial charge in [-0.15, -0.1) is 0 Å². The molecule has 4 nitrogen and oxygen atoms in total. The van der Waals surface area contributed by atoms with Crippen molar-refractivity contribution < 1.29 is 4.79 Å². The van der Waals surface area contributed by atoms with Crippen LogP contribution in [0.5, 0.6) is 0 Å². The van der Waals surface area contributed by atoms with Gasteiger partial charge in [-0.1, -0.05) is 29.3 Å². The first-order valence-corrected chi connectivity index (χ1v) is 6.23. The zero-order chi connectivity index (χ0) is 13.8. The first-order chi connectivity index (χ1) is 9.06. The normalized spacial score (nSPS) is 10.9. The van der Waals surface area contributed by atoms with E-state index in [2.05, 4.69) is 10.4 Å². The van der Waals surface area contributed by atoms with Crippen molar-refractivity contribution in [3.63, 3.8) is 0 Å². The van der Waals surface area contributed by atoms with Crippen LogP contribution in [0.15, 0.2) is 36.7 Å². The van der Waals surface area contributed by atoms with Crippen molar-refractivity contribution in [3.05, 3.63) is 52.3 Å². The van der Waals surface area contributed by atoms with Gasteiger partial charge in [0.2, 0.25) is 5.91 Å². The van der Waals surface area contributed by atoms with Crippen molar-refractivity contribution in [2.45, 2.75) is 0 Å². The number of aryl methyl sites for hydroxylation is 1. The summed E-state index contributed by atoms with van der Waals surface area (Å²) in [5.74, 6) is -0.284. The smallest absolute Gasteiger partial charge is 0.248 e. The van der Waals surface area contributed by atoms with Crippen LogP contribution in [-0.4, -0.2) is 15.7 Å². The molecule has 0 unspecified atom stereocenters. The molecule has 1 amide bonds. The van der Waals surface area contributed by atoms with E-state index in [9.17, 15) is 4.79 Å². The molecule has 0 radical (unpaired) electrons. The van der Waals surface area contributed by atoms with E-state index in [1.165, 1.54) is 6.08 Å². The van der Waals surface area contributed by atoms with Gasteiger partial charge in [0, 0.05) is 24.9 Å². The molecule has 0 saturated heterocycles. The number of carbonyl (C=O) groups excluding carboxylic acids is 1. The fourth-order valence-electron chi connectivity index (χ4n) is 1.47. The van der Waals surface area contributed by atoms with Gasteiger partial charge < -0.3 is 5.32 Å². The zero-order valence-corrected chi connectivity index (χ0v) is 11.6. The molecule has 19 heavy (non-hydrogen) atoms. The number of amides is 1. The average molecular weight is 296 g/mol. The molecule has 1 aromatic heterocycles. The van der Waals surface area contributed by atoms with Gasteiger partial charge >= 0.3 is 0 Å². The van der Waals surface area contributed by atoms with Crippen molar-refractivity contribution in [3.8, 4) is 0 Å². The highest BCUT2D eigenvalue weighted by Gasteiger charge is 2.06. The van der Waals surface area contributed by atoms with E-state index in [4.69, 9.17) is 23.2 Å². The lowest BCUT2D eigenvalue weighted by atomic mass is 10.3. The lowest BCUT2D eigenvalue weighted by molar-refractivity contribution is -0.111. The Balaban J connectivity index is 2.05. The van der Waals surface area contributed by atoms with Crippen molar-refractivity contribution in [2.24, 2.45) is 7.05 Å². The number of rotatable bonds is 3. The molecule has 0 spiro atoms. The Morgan fingerprint density at radius 1 is 1.42 bits per heavy atom. The third-order valence-electron chi connectivity index (χ3n) is 2.36. The van der Waals surface area contributed by atoms with Gasteiger partial charge in [-0.2, -0.15) is 5.10 Å². The summed E-state index contributed by atoms with van der Waals surface area (Å²) < 4.78 is 1.66. The molecule has 2 rings (SSSR count). The van der Waals surface area contributed by atoms with Gasteiger partial charge in [-0.25, -0.2) is 0 Å². The van der Waals surface area contributed by atoms with Gasteiger partial charge in [-0.05, 0) is 18.2 Å². The fourth-order valence-corrected chi connectivity index (χ4v) is 1.82. The van der Waals surface area contributed by atoms with E-state index in [0.717, 1.165) is 5.56 Å². The second kappa shape index (κ2) is 5.91. The standard InChI is InChI=1S/C13H11Cl2N3O/c1-18-8-9(7-16-18)5-6-12(19)17-11-4-2-3-10(14)13(11)15/h2-8H,1H3,(H,17,19)/b6-5+. The summed E-state index contributed by atoms with van der Waals surface area (Å²) in [6.45, 7) is 0. The fraction of sp³-hybridized carbons (Fsp3) is 0.0769. The summed E-state index contributed by atoms with van der Waals surface area (Å²) in [5.41, 5.74) is 1.32. The number of hydrogen-bond donors (Lipinski definition) is 1. The van der Waals surface area contributed by atoms with Crippen LogP contribution in [0.1, 0.15) is 5.56 Å². The van der Waals surface area contributed by atoms with E-state index >= 15 is 0 Å². The Hall–Kier alpha value is -1.78. The van der Waals surface area contributed by atoms with Crippen LogP contribution >= 0.6 is 23.2 Å². The van der Waals surface area contributed by atoms with Crippen LogP contribution in [-0.2, 0) is 11.8 Å². The maximum absolute atomic E-state index is 11.7. The number of aromatic nitrogens is 2. The maximum Gasteiger partial charge on any atom is 0.248 e. The minimum Gasteiger partial charge on any atom is -0.321 e. The number of carbonyl (C=O) groups is 1. The number of nitrogens with zero attached hydrogens (tertiary/aromatic N) is 2. The molecule has 0 saturated carbocycles. The SMILES string of the molecule is Cn1cc(/C=C/C(=O)Nc2cccc(Cl)c2Cl)cn1. The molecule has 0 aliphatic rings. The second-order valence-corrected chi connectivity index (χ2v) is 4.66. The van der Waals surface area contributed by atoms with Crippen LogP contribution in [0.4, 0.5) is 5.69 Å². The van der Waals surface area contributed by atoms with Gasteiger partial charge in [0.1, 0.15) is 0 Å². The molecule has 6 heteroatoms. The van der Waals surface area contributed by atoms with E-state index in [0.29, 0.717) is 15.7 Å². The predicted molar refractivity (Wildman–Crippen MR) is 77.3 cm³/mol. The Kier molecular flexibility index (Phi) is 4.24. The highest BCUT2D eigenvalue weighted by molar-refractivity contribution is 6.44.